The molecular formula is C15H15N3O2. The number of aromatic hydroxyl groups is 1. The molecule has 20 heavy (non-hydrogen) atoms. The van der Waals surface area contributed by atoms with Gasteiger partial charge in [-0.3, -0.25) is 0 Å². The fourth-order valence-corrected chi connectivity index (χ4v) is 2.11. The van der Waals surface area contributed by atoms with Crippen LogP contribution in [0.15, 0.2) is 40.9 Å². The maximum Gasteiger partial charge on any atom is 0.261 e. The summed E-state index contributed by atoms with van der Waals surface area (Å²) in [6, 6.07) is 11.4. The molecule has 0 saturated heterocycles. The first-order valence-electron chi connectivity index (χ1n) is 6.33. The molecule has 1 heterocycles. The van der Waals surface area contributed by atoms with E-state index < -0.39 is 0 Å². The van der Waals surface area contributed by atoms with Gasteiger partial charge in [-0.1, -0.05) is 29.4 Å². The molecule has 0 aliphatic carbocycles. The summed E-state index contributed by atoms with van der Waals surface area (Å²) in [6.45, 7) is 0.595. The third-order valence-electron chi connectivity index (χ3n) is 3.02. The Labute approximate surface area is 116 Å². The topological polar surface area (TPSA) is 62.4 Å². The fourth-order valence-electron chi connectivity index (χ4n) is 2.11. The Morgan fingerprint density at radius 3 is 2.55 bits per heavy atom. The normalized spacial score (nSPS) is 11.3. The van der Waals surface area contributed by atoms with E-state index in [1.807, 2.05) is 49.3 Å². The molecule has 0 amide bonds. The lowest BCUT2D eigenvalue weighted by molar-refractivity contribution is 0.365. The Morgan fingerprint density at radius 1 is 1.15 bits per heavy atom. The van der Waals surface area contributed by atoms with E-state index in [0.29, 0.717) is 23.8 Å². The number of hydrogen-bond donors (Lipinski definition) is 1. The van der Waals surface area contributed by atoms with Gasteiger partial charge in [-0.2, -0.15) is 4.98 Å². The van der Waals surface area contributed by atoms with Gasteiger partial charge in [-0.25, -0.2) is 0 Å². The number of rotatable bonds is 3. The molecule has 5 heteroatoms. The van der Waals surface area contributed by atoms with Crippen LogP contribution in [0.4, 0.5) is 0 Å². The standard InChI is InChI=1S/C15H15N3O2/c1-18(2)9-14-16-15(20-17-14)12-7-10-5-3-4-6-11(10)8-13(12)19/h3-8,19H,9H2,1-2H3. The molecule has 0 fully saturated rings. The summed E-state index contributed by atoms with van der Waals surface area (Å²) in [5.41, 5.74) is 0.557. The summed E-state index contributed by atoms with van der Waals surface area (Å²) < 4.78 is 5.23. The van der Waals surface area contributed by atoms with Crippen molar-refractivity contribution in [2.45, 2.75) is 6.54 Å². The van der Waals surface area contributed by atoms with Crippen LogP contribution in [0.3, 0.4) is 0 Å². The van der Waals surface area contributed by atoms with Crippen molar-refractivity contribution in [3.8, 4) is 17.2 Å². The van der Waals surface area contributed by atoms with Gasteiger partial charge >= 0.3 is 0 Å². The van der Waals surface area contributed by atoms with Crippen molar-refractivity contribution in [2.75, 3.05) is 14.1 Å². The highest BCUT2D eigenvalue weighted by Gasteiger charge is 2.14. The second-order valence-corrected chi connectivity index (χ2v) is 4.97. The molecule has 1 N–H and O–H groups in total. The van der Waals surface area contributed by atoms with Gasteiger partial charge in [0.25, 0.3) is 5.89 Å². The summed E-state index contributed by atoms with van der Waals surface area (Å²) in [7, 11) is 3.87. The van der Waals surface area contributed by atoms with Crippen molar-refractivity contribution in [3.63, 3.8) is 0 Å². The van der Waals surface area contributed by atoms with Crippen LogP contribution in [-0.4, -0.2) is 34.2 Å². The number of fused-ring (bicyclic) bond motifs is 1. The minimum atomic E-state index is 0.142. The van der Waals surface area contributed by atoms with Crippen LogP contribution in [0.5, 0.6) is 5.75 Å². The summed E-state index contributed by atoms with van der Waals surface area (Å²) in [5, 5.41) is 16.0. The van der Waals surface area contributed by atoms with Crippen molar-refractivity contribution in [1.82, 2.24) is 15.0 Å². The van der Waals surface area contributed by atoms with Gasteiger partial charge in [-0.05, 0) is 37.0 Å². The van der Waals surface area contributed by atoms with Crippen molar-refractivity contribution < 1.29 is 9.63 Å². The number of nitrogens with zero attached hydrogens (tertiary/aromatic N) is 3. The smallest absolute Gasteiger partial charge is 0.261 e. The van der Waals surface area contributed by atoms with Crippen LogP contribution < -0.4 is 0 Å². The van der Waals surface area contributed by atoms with E-state index in [1.54, 1.807) is 6.07 Å². The second-order valence-electron chi connectivity index (χ2n) is 4.97. The second kappa shape index (κ2) is 4.94. The van der Waals surface area contributed by atoms with Crippen molar-refractivity contribution >= 4 is 10.8 Å². The molecule has 0 radical (unpaired) electrons. The van der Waals surface area contributed by atoms with E-state index in [2.05, 4.69) is 10.1 Å². The molecule has 0 bridgehead atoms. The lowest BCUT2D eigenvalue weighted by Crippen LogP contribution is -2.11. The maximum atomic E-state index is 10.1. The summed E-state index contributed by atoms with van der Waals surface area (Å²) in [6.07, 6.45) is 0. The van der Waals surface area contributed by atoms with Crippen LogP contribution in [0.1, 0.15) is 5.82 Å². The van der Waals surface area contributed by atoms with Gasteiger partial charge < -0.3 is 14.5 Å². The number of hydrogen-bond acceptors (Lipinski definition) is 5. The number of aromatic nitrogens is 2. The summed E-state index contributed by atoms with van der Waals surface area (Å²) in [4.78, 5) is 6.26. The molecular weight excluding hydrogens is 254 g/mol. The zero-order chi connectivity index (χ0) is 14.1. The lowest BCUT2D eigenvalue weighted by Gasteiger charge is -2.04. The minimum Gasteiger partial charge on any atom is -0.507 e. The molecule has 3 aromatic rings. The Bertz CT molecular complexity index is 750. The first-order valence-corrected chi connectivity index (χ1v) is 6.33. The summed E-state index contributed by atoms with van der Waals surface area (Å²) >= 11 is 0. The van der Waals surface area contributed by atoms with Crippen LogP contribution in [0, 0.1) is 0 Å². The molecule has 0 saturated carbocycles. The first kappa shape index (κ1) is 12.6. The first-order chi connectivity index (χ1) is 9.63. The maximum absolute atomic E-state index is 10.1. The molecule has 3 rings (SSSR count). The molecule has 0 aliphatic rings. The average molecular weight is 269 g/mol. The van der Waals surface area contributed by atoms with Crippen molar-refractivity contribution in [3.05, 3.63) is 42.2 Å². The highest BCUT2D eigenvalue weighted by Crippen LogP contribution is 2.32. The van der Waals surface area contributed by atoms with Crippen molar-refractivity contribution in [1.29, 1.82) is 0 Å². The zero-order valence-corrected chi connectivity index (χ0v) is 11.4. The molecule has 0 unspecified atom stereocenters. The van der Waals surface area contributed by atoms with E-state index in [-0.39, 0.29) is 5.75 Å². The van der Waals surface area contributed by atoms with Crippen LogP contribution in [0.25, 0.3) is 22.2 Å². The van der Waals surface area contributed by atoms with Crippen molar-refractivity contribution in [2.24, 2.45) is 0 Å². The predicted molar refractivity (Wildman–Crippen MR) is 76.3 cm³/mol. The molecule has 5 nitrogen and oxygen atoms in total. The molecule has 0 spiro atoms. The predicted octanol–water partition coefficient (Wildman–Crippen LogP) is 2.66. The molecule has 102 valence electrons. The SMILES string of the molecule is CN(C)Cc1noc(-c2cc3ccccc3cc2O)n1. The van der Waals surface area contributed by atoms with Gasteiger partial charge in [-0.15, -0.1) is 0 Å². The Morgan fingerprint density at radius 2 is 1.85 bits per heavy atom. The quantitative estimate of drug-likeness (QED) is 0.792. The molecule has 0 aliphatic heterocycles. The summed E-state index contributed by atoms with van der Waals surface area (Å²) in [5.74, 6) is 1.08. The Hall–Kier alpha value is -2.40. The third-order valence-corrected chi connectivity index (χ3v) is 3.02. The van der Waals surface area contributed by atoms with Gasteiger partial charge in [0, 0.05) is 0 Å². The van der Waals surface area contributed by atoms with E-state index in [4.69, 9.17) is 4.52 Å². The fraction of sp³-hybridized carbons (Fsp3) is 0.200. The van der Waals surface area contributed by atoms with E-state index in [9.17, 15) is 5.11 Å². The van der Waals surface area contributed by atoms with E-state index in [0.717, 1.165) is 10.8 Å². The van der Waals surface area contributed by atoms with Gasteiger partial charge in [0.15, 0.2) is 5.82 Å². The minimum absolute atomic E-state index is 0.142. The van der Waals surface area contributed by atoms with Crippen LogP contribution in [0.2, 0.25) is 0 Å². The number of phenols is 1. The van der Waals surface area contributed by atoms with E-state index >= 15 is 0 Å². The van der Waals surface area contributed by atoms with E-state index in [1.165, 1.54) is 0 Å². The number of phenolic OH excluding ortho intramolecular Hbond substituents is 1. The van der Waals surface area contributed by atoms with Crippen LogP contribution >= 0.6 is 0 Å². The van der Waals surface area contributed by atoms with Gasteiger partial charge in [0.05, 0.1) is 12.1 Å². The lowest BCUT2D eigenvalue weighted by atomic mass is 10.1. The average Bonchev–Trinajstić information content (AvgIpc) is 2.85. The number of benzene rings is 2. The Balaban J connectivity index is 2.05. The third kappa shape index (κ3) is 2.35. The largest absolute Gasteiger partial charge is 0.507 e. The Kier molecular flexibility index (Phi) is 3.12. The highest BCUT2D eigenvalue weighted by atomic mass is 16.5. The van der Waals surface area contributed by atoms with Crippen LogP contribution in [-0.2, 0) is 6.54 Å². The highest BCUT2D eigenvalue weighted by molar-refractivity contribution is 5.89. The molecule has 1 aromatic heterocycles. The zero-order valence-electron chi connectivity index (χ0n) is 11.4. The monoisotopic (exact) mass is 269 g/mol. The van der Waals surface area contributed by atoms with Gasteiger partial charge in [0.1, 0.15) is 5.75 Å². The molecule has 2 aromatic carbocycles. The van der Waals surface area contributed by atoms with Gasteiger partial charge in [0.2, 0.25) is 0 Å². The molecule has 0 atom stereocenters.